The van der Waals surface area contributed by atoms with Crippen LogP contribution in [0.5, 0.6) is 5.75 Å². The van der Waals surface area contributed by atoms with Crippen LogP contribution in [-0.4, -0.2) is 38.3 Å². The van der Waals surface area contributed by atoms with Gasteiger partial charge in [-0.2, -0.15) is 4.31 Å². The van der Waals surface area contributed by atoms with E-state index >= 15 is 0 Å². The van der Waals surface area contributed by atoms with Gasteiger partial charge in [-0.15, -0.1) is 0 Å². The van der Waals surface area contributed by atoms with E-state index in [2.05, 4.69) is 5.32 Å². The number of benzene rings is 2. The number of sulfonamides is 1. The summed E-state index contributed by atoms with van der Waals surface area (Å²) in [5, 5.41) is 2.83. The first kappa shape index (κ1) is 22.2. The van der Waals surface area contributed by atoms with E-state index in [9.17, 15) is 17.6 Å². The predicted octanol–water partition coefficient (Wildman–Crippen LogP) is 3.25. The molecule has 0 unspecified atom stereocenters. The maximum absolute atomic E-state index is 13.6. The molecule has 1 aliphatic rings. The molecular formula is C22H27FN2O4S. The Labute approximate surface area is 177 Å². The molecule has 1 heterocycles. The summed E-state index contributed by atoms with van der Waals surface area (Å²) in [4.78, 5) is 12.7. The first-order valence-corrected chi connectivity index (χ1v) is 11.5. The highest BCUT2D eigenvalue weighted by atomic mass is 32.2. The first-order chi connectivity index (χ1) is 14.3. The molecule has 0 aliphatic carbocycles. The van der Waals surface area contributed by atoms with Crippen molar-refractivity contribution in [2.75, 3.05) is 19.7 Å². The van der Waals surface area contributed by atoms with Crippen LogP contribution in [0.25, 0.3) is 0 Å². The minimum absolute atomic E-state index is 0.130. The number of piperidine rings is 1. The molecule has 8 heteroatoms. The number of amides is 1. The minimum Gasteiger partial charge on any atom is -0.494 e. The van der Waals surface area contributed by atoms with Crippen LogP contribution < -0.4 is 10.1 Å². The van der Waals surface area contributed by atoms with E-state index < -0.39 is 10.0 Å². The summed E-state index contributed by atoms with van der Waals surface area (Å²) in [7, 11) is -3.60. The lowest BCUT2D eigenvalue weighted by atomic mass is 9.97. The summed E-state index contributed by atoms with van der Waals surface area (Å²) in [5.41, 5.74) is 1.26. The zero-order valence-electron chi connectivity index (χ0n) is 17.2. The van der Waals surface area contributed by atoms with Crippen molar-refractivity contribution in [3.63, 3.8) is 0 Å². The molecule has 1 amide bonds. The van der Waals surface area contributed by atoms with E-state index in [1.807, 2.05) is 6.92 Å². The summed E-state index contributed by atoms with van der Waals surface area (Å²) < 4.78 is 46.1. The number of nitrogens with zero attached hydrogens (tertiary/aromatic N) is 1. The average molecular weight is 435 g/mol. The normalized spacial score (nSPS) is 15.7. The van der Waals surface area contributed by atoms with Crippen molar-refractivity contribution in [2.45, 2.75) is 38.1 Å². The fraction of sp³-hybridized carbons (Fsp3) is 0.409. The van der Waals surface area contributed by atoms with Crippen LogP contribution in [0.15, 0.2) is 47.4 Å². The molecule has 2 aromatic rings. The maximum atomic E-state index is 13.6. The van der Waals surface area contributed by atoms with Crippen molar-refractivity contribution in [3.8, 4) is 5.75 Å². The van der Waals surface area contributed by atoms with Crippen LogP contribution >= 0.6 is 0 Å². The Bertz CT molecular complexity index is 985. The van der Waals surface area contributed by atoms with Crippen LogP contribution in [0.3, 0.4) is 0 Å². The van der Waals surface area contributed by atoms with Gasteiger partial charge in [0.05, 0.1) is 11.5 Å². The molecule has 0 bridgehead atoms. The monoisotopic (exact) mass is 434 g/mol. The number of nitrogens with one attached hydrogen (secondary N) is 1. The van der Waals surface area contributed by atoms with Gasteiger partial charge < -0.3 is 10.1 Å². The van der Waals surface area contributed by atoms with Crippen molar-refractivity contribution >= 4 is 15.9 Å². The molecule has 0 spiro atoms. The van der Waals surface area contributed by atoms with Crippen molar-refractivity contribution in [2.24, 2.45) is 5.92 Å². The molecule has 30 heavy (non-hydrogen) atoms. The Morgan fingerprint density at radius 2 is 1.83 bits per heavy atom. The van der Waals surface area contributed by atoms with Crippen LogP contribution in [0.1, 0.15) is 30.9 Å². The van der Waals surface area contributed by atoms with Crippen LogP contribution in [0.4, 0.5) is 4.39 Å². The third-order valence-electron chi connectivity index (χ3n) is 5.30. The Morgan fingerprint density at radius 3 is 2.43 bits per heavy atom. The molecule has 1 aliphatic heterocycles. The number of ether oxygens (including phenoxy) is 1. The largest absolute Gasteiger partial charge is 0.494 e. The Balaban J connectivity index is 1.54. The van der Waals surface area contributed by atoms with Gasteiger partial charge >= 0.3 is 0 Å². The van der Waals surface area contributed by atoms with Gasteiger partial charge in [0.15, 0.2) is 0 Å². The van der Waals surface area contributed by atoms with Gasteiger partial charge in [-0.25, -0.2) is 12.8 Å². The number of rotatable bonds is 7. The van der Waals surface area contributed by atoms with Gasteiger partial charge in [0.2, 0.25) is 15.9 Å². The Kier molecular flexibility index (Phi) is 7.10. The fourth-order valence-electron chi connectivity index (χ4n) is 3.46. The van der Waals surface area contributed by atoms with E-state index in [0.29, 0.717) is 36.3 Å². The molecule has 0 saturated carbocycles. The SMILES string of the molecule is CCOc1ccc(S(=O)(=O)N2CCC(C(=O)NCc3ccc(C)c(F)c3)CC2)cc1. The zero-order valence-corrected chi connectivity index (χ0v) is 18.0. The second kappa shape index (κ2) is 9.57. The maximum Gasteiger partial charge on any atom is 0.243 e. The van der Waals surface area contributed by atoms with Crippen molar-refractivity contribution in [1.82, 2.24) is 9.62 Å². The molecule has 2 aromatic carbocycles. The summed E-state index contributed by atoms with van der Waals surface area (Å²) in [6.45, 7) is 4.89. The third-order valence-corrected chi connectivity index (χ3v) is 7.21. The molecular weight excluding hydrogens is 407 g/mol. The number of aryl methyl sites for hydroxylation is 1. The Hall–Kier alpha value is -2.45. The molecule has 1 N–H and O–H groups in total. The highest BCUT2D eigenvalue weighted by Crippen LogP contribution is 2.25. The van der Waals surface area contributed by atoms with E-state index in [1.54, 1.807) is 43.3 Å². The van der Waals surface area contributed by atoms with E-state index in [1.165, 1.54) is 10.4 Å². The van der Waals surface area contributed by atoms with Gasteiger partial charge in [0, 0.05) is 25.6 Å². The van der Waals surface area contributed by atoms with E-state index in [-0.39, 0.29) is 42.2 Å². The third kappa shape index (κ3) is 5.17. The summed E-state index contributed by atoms with van der Waals surface area (Å²) in [5.74, 6) is -0.0592. The summed E-state index contributed by atoms with van der Waals surface area (Å²) in [6.07, 6.45) is 0.898. The number of hydrogen-bond acceptors (Lipinski definition) is 4. The molecule has 0 atom stereocenters. The lowest BCUT2D eigenvalue weighted by molar-refractivity contribution is -0.126. The number of carbonyl (C=O) groups excluding carboxylic acids is 1. The molecule has 1 saturated heterocycles. The fourth-order valence-corrected chi connectivity index (χ4v) is 4.93. The molecule has 0 aromatic heterocycles. The van der Waals surface area contributed by atoms with Gasteiger partial charge in [0.1, 0.15) is 11.6 Å². The van der Waals surface area contributed by atoms with Crippen molar-refractivity contribution in [1.29, 1.82) is 0 Å². The second-order valence-electron chi connectivity index (χ2n) is 7.38. The van der Waals surface area contributed by atoms with E-state index in [4.69, 9.17) is 4.74 Å². The van der Waals surface area contributed by atoms with Crippen LogP contribution in [0, 0.1) is 18.7 Å². The smallest absolute Gasteiger partial charge is 0.243 e. The summed E-state index contributed by atoms with van der Waals surface area (Å²) >= 11 is 0. The van der Waals surface area contributed by atoms with Crippen LogP contribution in [0.2, 0.25) is 0 Å². The van der Waals surface area contributed by atoms with Crippen LogP contribution in [-0.2, 0) is 21.4 Å². The lowest BCUT2D eigenvalue weighted by Gasteiger charge is -2.30. The molecule has 0 radical (unpaired) electrons. The quantitative estimate of drug-likeness (QED) is 0.726. The zero-order chi connectivity index (χ0) is 21.7. The summed E-state index contributed by atoms with van der Waals surface area (Å²) in [6, 6.07) is 11.3. The van der Waals surface area contributed by atoms with Gasteiger partial charge in [-0.1, -0.05) is 12.1 Å². The topological polar surface area (TPSA) is 75.7 Å². The predicted molar refractivity (Wildman–Crippen MR) is 112 cm³/mol. The van der Waals surface area contributed by atoms with Crippen molar-refractivity contribution in [3.05, 3.63) is 59.4 Å². The molecule has 6 nitrogen and oxygen atoms in total. The highest BCUT2D eigenvalue weighted by molar-refractivity contribution is 7.89. The second-order valence-corrected chi connectivity index (χ2v) is 9.32. The van der Waals surface area contributed by atoms with Gasteiger partial charge in [0.25, 0.3) is 0 Å². The van der Waals surface area contributed by atoms with Gasteiger partial charge in [-0.05, 0) is 68.1 Å². The first-order valence-electron chi connectivity index (χ1n) is 10.1. The van der Waals surface area contributed by atoms with E-state index in [0.717, 1.165) is 0 Å². The lowest BCUT2D eigenvalue weighted by Crippen LogP contribution is -2.42. The number of carbonyl (C=O) groups is 1. The average Bonchev–Trinajstić information content (AvgIpc) is 2.75. The molecule has 162 valence electrons. The standard InChI is InChI=1S/C22H27FN2O4S/c1-3-29-19-6-8-20(9-7-19)30(27,28)25-12-10-18(11-13-25)22(26)24-15-17-5-4-16(2)21(23)14-17/h4-9,14,18H,3,10-13,15H2,1-2H3,(H,24,26). The minimum atomic E-state index is -3.60. The number of halogens is 1. The van der Waals surface area contributed by atoms with Gasteiger partial charge in [-0.3, -0.25) is 4.79 Å². The molecule has 1 fully saturated rings. The highest BCUT2D eigenvalue weighted by Gasteiger charge is 2.32. The molecule has 3 rings (SSSR count). The Morgan fingerprint density at radius 1 is 1.17 bits per heavy atom. The van der Waals surface area contributed by atoms with Crippen molar-refractivity contribution < 1.29 is 22.3 Å². The number of hydrogen-bond donors (Lipinski definition) is 1.